The van der Waals surface area contributed by atoms with Gasteiger partial charge in [-0.25, -0.2) is 0 Å². The van der Waals surface area contributed by atoms with Crippen LogP contribution in [0.1, 0.15) is 71.8 Å². The molecule has 0 unspecified atom stereocenters. The van der Waals surface area contributed by atoms with E-state index in [-0.39, 0.29) is 0 Å². The fourth-order valence-corrected chi connectivity index (χ4v) is 6.05. The topological polar surface area (TPSA) is 86.3 Å². The molecule has 188 valence electrons. The Hall–Kier alpha value is -1.87. The predicted octanol–water partition coefficient (Wildman–Crippen LogP) is 4.62. The average Bonchev–Trinajstić information content (AvgIpc) is 2.78. The summed E-state index contributed by atoms with van der Waals surface area (Å²) in [6, 6.07) is 6.16. The molecule has 1 rings (SSSR count). The SMILES string of the molecule is CCCCCCOc1cc(/C=C/C(=O)[O-])ccc1OCCCC[Si](OCC)(OCC)OCC. The molecule has 0 atom stereocenters. The van der Waals surface area contributed by atoms with Crippen molar-refractivity contribution in [3.05, 3.63) is 29.8 Å². The van der Waals surface area contributed by atoms with Gasteiger partial charge in [-0.05, 0) is 63.8 Å². The predicted molar refractivity (Wildman–Crippen MR) is 130 cm³/mol. The largest absolute Gasteiger partial charge is 0.545 e. The number of carboxylic acids is 1. The van der Waals surface area contributed by atoms with E-state index in [1.807, 2.05) is 26.8 Å². The summed E-state index contributed by atoms with van der Waals surface area (Å²) in [4.78, 5) is 10.7. The van der Waals surface area contributed by atoms with Crippen LogP contribution >= 0.6 is 0 Å². The molecule has 0 amide bonds. The Morgan fingerprint density at radius 3 is 2.03 bits per heavy atom. The monoisotopic (exact) mass is 481 g/mol. The average molecular weight is 482 g/mol. The van der Waals surface area contributed by atoms with Crippen molar-refractivity contribution in [1.82, 2.24) is 0 Å². The molecule has 33 heavy (non-hydrogen) atoms. The van der Waals surface area contributed by atoms with Crippen LogP contribution in [0.3, 0.4) is 0 Å². The zero-order chi connectivity index (χ0) is 24.4. The molecule has 0 aliphatic carbocycles. The zero-order valence-corrected chi connectivity index (χ0v) is 21.7. The van der Waals surface area contributed by atoms with Crippen molar-refractivity contribution in [3.8, 4) is 11.5 Å². The Balaban J connectivity index is 2.69. The summed E-state index contributed by atoms with van der Waals surface area (Å²) >= 11 is 0. The van der Waals surface area contributed by atoms with E-state index in [9.17, 15) is 9.90 Å². The van der Waals surface area contributed by atoms with E-state index in [0.717, 1.165) is 49.8 Å². The highest BCUT2D eigenvalue weighted by molar-refractivity contribution is 6.60. The fraction of sp³-hybridized carbons (Fsp3) is 0.640. The summed E-state index contributed by atoms with van der Waals surface area (Å²) in [5.74, 6) is 0.0378. The minimum absolute atomic E-state index is 0.523. The Kier molecular flexibility index (Phi) is 15.5. The third-order valence-corrected chi connectivity index (χ3v) is 8.01. The lowest BCUT2D eigenvalue weighted by molar-refractivity contribution is -0.297. The maximum absolute atomic E-state index is 10.7. The molecule has 1 aromatic rings. The van der Waals surface area contributed by atoms with Crippen LogP contribution in [0, 0.1) is 0 Å². The molecule has 8 heteroatoms. The smallest absolute Gasteiger partial charge is 0.500 e. The van der Waals surface area contributed by atoms with Gasteiger partial charge in [0.15, 0.2) is 11.5 Å². The first-order valence-electron chi connectivity index (χ1n) is 12.2. The van der Waals surface area contributed by atoms with E-state index in [4.69, 9.17) is 22.8 Å². The van der Waals surface area contributed by atoms with E-state index in [0.29, 0.717) is 44.5 Å². The van der Waals surface area contributed by atoms with Crippen LogP contribution < -0.4 is 14.6 Å². The second-order valence-electron chi connectivity index (χ2n) is 7.56. The molecule has 0 radical (unpaired) electrons. The maximum atomic E-state index is 10.7. The van der Waals surface area contributed by atoms with E-state index in [1.54, 1.807) is 12.1 Å². The first-order valence-corrected chi connectivity index (χ1v) is 14.1. The van der Waals surface area contributed by atoms with Crippen molar-refractivity contribution in [3.63, 3.8) is 0 Å². The maximum Gasteiger partial charge on any atom is 0.500 e. The van der Waals surface area contributed by atoms with E-state index >= 15 is 0 Å². The standard InChI is InChI=1S/C25H42O7Si/c1-5-9-10-11-18-29-24-21-22(15-17-25(26)27)14-16-23(24)28-19-12-13-20-33(30-6-2,31-7-3)32-8-4/h14-17,21H,5-13,18-20H2,1-4H3,(H,26,27)/p-1/b17-15+. The molecule has 0 saturated carbocycles. The number of unbranched alkanes of at least 4 members (excludes halogenated alkanes) is 4. The summed E-state index contributed by atoms with van der Waals surface area (Å²) in [6.45, 7) is 10.9. The molecule has 1 aromatic carbocycles. The Labute approximate surface area is 200 Å². The van der Waals surface area contributed by atoms with Crippen LogP contribution in [0.5, 0.6) is 11.5 Å². The van der Waals surface area contributed by atoms with Crippen molar-refractivity contribution in [1.29, 1.82) is 0 Å². The number of benzene rings is 1. The van der Waals surface area contributed by atoms with Gasteiger partial charge in [-0.15, -0.1) is 0 Å². The normalized spacial score (nSPS) is 11.8. The van der Waals surface area contributed by atoms with E-state index in [1.165, 1.54) is 12.5 Å². The molecular weight excluding hydrogens is 440 g/mol. The van der Waals surface area contributed by atoms with Crippen molar-refractivity contribution in [2.45, 2.75) is 72.3 Å². The molecule has 0 aromatic heterocycles. The highest BCUT2D eigenvalue weighted by Gasteiger charge is 2.39. The quantitative estimate of drug-likeness (QED) is 0.153. The lowest BCUT2D eigenvalue weighted by Crippen LogP contribution is -2.45. The molecule has 0 aliphatic rings. The highest BCUT2D eigenvalue weighted by Crippen LogP contribution is 2.30. The Morgan fingerprint density at radius 2 is 1.45 bits per heavy atom. The number of hydrogen-bond acceptors (Lipinski definition) is 7. The summed E-state index contributed by atoms with van der Waals surface area (Å²) < 4.78 is 29.7. The molecule has 7 nitrogen and oxygen atoms in total. The number of carbonyl (C=O) groups excluding carboxylic acids is 1. The van der Waals surface area contributed by atoms with Gasteiger partial charge in [0, 0.05) is 25.9 Å². The van der Waals surface area contributed by atoms with Crippen LogP contribution in [0.15, 0.2) is 24.3 Å². The zero-order valence-electron chi connectivity index (χ0n) is 20.7. The van der Waals surface area contributed by atoms with Gasteiger partial charge in [0.25, 0.3) is 0 Å². The van der Waals surface area contributed by atoms with E-state index in [2.05, 4.69) is 6.92 Å². The van der Waals surface area contributed by atoms with Crippen LogP contribution in [0.25, 0.3) is 6.08 Å². The van der Waals surface area contributed by atoms with Crippen molar-refractivity contribution < 1.29 is 32.7 Å². The van der Waals surface area contributed by atoms with Gasteiger partial charge in [0.2, 0.25) is 0 Å². The first kappa shape index (κ1) is 29.2. The van der Waals surface area contributed by atoms with Crippen molar-refractivity contribution >= 4 is 20.8 Å². The van der Waals surface area contributed by atoms with Crippen molar-refractivity contribution in [2.75, 3.05) is 33.0 Å². The van der Waals surface area contributed by atoms with E-state index < -0.39 is 14.8 Å². The molecular formula is C25H41O7Si-. The molecule has 0 saturated heterocycles. The van der Waals surface area contributed by atoms with Crippen LogP contribution in [0.2, 0.25) is 6.04 Å². The molecule has 0 fully saturated rings. The highest BCUT2D eigenvalue weighted by atomic mass is 28.4. The summed E-state index contributed by atoms with van der Waals surface area (Å²) in [7, 11) is -2.63. The van der Waals surface area contributed by atoms with Gasteiger partial charge >= 0.3 is 8.80 Å². The van der Waals surface area contributed by atoms with Gasteiger partial charge < -0.3 is 32.7 Å². The Morgan fingerprint density at radius 1 is 0.848 bits per heavy atom. The number of aliphatic carboxylic acids is 1. The van der Waals surface area contributed by atoms with Crippen molar-refractivity contribution in [2.24, 2.45) is 0 Å². The fourth-order valence-electron chi connectivity index (χ4n) is 3.36. The van der Waals surface area contributed by atoms with Crippen LogP contribution in [-0.2, 0) is 18.1 Å². The first-order chi connectivity index (χ1) is 16.0. The number of ether oxygens (including phenoxy) is 2. The molecule has 0 N–H and O–H groups in total. The number of carboxylic acid groups (broad SMARTS) is 1. The molecule has 0 heterocycles. The van der Waals surface area contributed by atoms with Crippen LogP contribution in [-0.4, -0.2) is 47.8 Å². The summed E-state index contributed by atoms with van der Waals surface area (Å²) in [5.41, 5.74) is 0.719. The number of rotatable bonds is 20. The summed E-state index contributed by atoms with van der Waals surface area (Å²) in [6.07, 6.45) is 8.60. The third-order valence-electron chi connectivity index (χ3n) is 4.86. The summed E-state index contributed by atoms with van der Waals surface area (Å²) in [5, 5.41) is 10.7. The lowest BCUT2D eigenvalue weighted by Gasteiger charge is -2.28. The van der Waals surface area contributed by atoms with Gasteiger partial charge in [-0.3, -0.25) is 0 Å². The molecule has 0 aliphatic heterocycles. The second kappa shape index (κ2) is 17.6. The van der Waals surface area contributed by atoms with Gasteiger partial charge in [-0.1, -0.05) is 38.3 Å². The molecule has 0 spiro atoms. The number of hydrogen-bond donors (Lipinski definition) is 0. The molecule has 0 bridgehead atoms. The van der Waals surface area contributed by atoms with Crippen LogP contribution in [0.4, 0.5) is 0 Å². The van der Waals surface area contributed by atoms with Gasteiger partial charge in [-0.2, -0.15) is 0 Å². The minimum atomic E-state index is -2.63. The van der Waals surface area contributed by atoms with Gasteiger partial charge in [0.1, 0.15) is 0 Å². The van der Waals surface area contributed by atoms with Gasteiger partial charge in [0.05, 0.1) is 19.2 Å². The lowest BCUT2D eigenvalue weighted by atomic mass is 10.2. The third kappa shape index (κ3) is 12.2. The second-order valence-corrected chi connectivity index (χ2v) is 10.3. The number of carbonyl (C=O) groups is 1. The minimum Gasteiger partial charge on any atom is -0.545 e. The Bertz CT molecular complexity index is 676.